The van der Waals surface area contributed by atoms with Crippen LogP contribution in [-0.4, -0.2) is 16.3 Å². The number of halogens is 1. The Morgan fingerprint density at radius 2 is 1.88 bits per heavy atom. The number of nitrogens with zero attached hydrogens (tertiary/aromatic N) is 2. The predicted octanol–water partition coefficient (Wildman–Crippen LogP) is 2.73. The second kappa shape index (κ2) is 4.72. The van der Waals surface area contributed by atoms with Crippen molar-refractivity contribution in [1.29, 1.82) is 0 Å². The van der Waals surface area contributed by atoms with Gasteiger partial charge in [0.15, 0.2) is 6.29 Å². The summed E-state index contributed by atoms with van der Waals surface area (Å²) >= 11 is 5.73. The Hall–Kier alpha value is -1.94. The third-order valence-electron chi connectivity index (χ3n) is 1.80. The van der Waals surface area contributed by atoms with Gasteiger partial charge in [-0.15, -0.1) is 0 Å². The fourth-order valence-electron chi connectivity index (χ4n) is 1.06. The van der Waals surface area contributed by atoms with Gasteiger partial charge in [-0.25, -0.2) is 9.97 Å². The van der Waals surface area contributed by atoms with Crippen molar-refractivity contribution in [2.24, 2.45) is 0 Å². The molecule has 1 aromatic carbocycles. The zero-order valence-corrected chi connectivity index (χ0v) is 8.89. The van der Waals surface area contributed by atoms with Gasteiger partial charge in [-0.2, -0.15) is 0 Å². The first-order valence-electron chi connectivity index (χ1n) is 4.48. The highest BCUT2D eigenvalue weighted by molar-refractivity contribution is 6.30. The number of hydrogen-bond donors (Lipinski definition) is 0. The molecule has 0 spiro atoms. The van der Waals surface area contributed by atoms with Gasteiger partial charge in [0.1, 0.15) is 11.4 Å². The predicted molar refractivity (Wildman–Crippen MR) is 58.9 cm³/mol. The van der Waals surface area contributed by atoms with Crippen LogP contribution in [0.25, 0.3) is 0 Å². The van der Waals surface area contributed by atoms with E-state index < -0.39 is 0 Å². The molecule has 16 heavy (non-hydrogen) atoms. The first-order valence-corrected chi connectivity index (χ1v) is 4.86. The average molecular weight is 235 g/mol. The third kappa shape index (κ3) is 2.55. The lowest BCUT2D eigenvalue weighted by atomic mass is 10.3. The lowest BCUT2D eigenvalue weighted by Gasteiger charge is -2.03. The molecule has 0 N–H and O–H groups in total. The number of aldehydes is 1. The zero-order valence-electron chi connectivity index (χ0n) is 8.13. The van der Waals surface area contributed by atoms with Crippen molar-refractivity contribution in [1.82, 2.24) is 9.97 Å². The topological polar surface area (TPSA) is 52.1 Å². The molecule has 5 heteroatoms. The molecule has 0 aliphatic carbocycles. The summed E-state index contributed by atoms with van der Waals surface area (Å²) in [5, 5.41) is 0.634. The van der Waals surface area contributed by atoms with Gasteiger partial charge in [-0.05, 0) is 24.3 Å². The van der Waals surface area contributed by atoms with E-state index in [1.807, 2.05) is 0 Å². The molecule has 0 saturated carbocycles. The molecule has 1 aromatic heterocycles. The van der Waals surface area contributed by atoms with Gasteiger partial charge in [0.2, 0.25) is 5.88 Å². The quantitative estimate of drug-likeness (QED) is 0.767. The van der Waals surface area contributed by atoms with Crippen LogP contribution in [0.2, 0.25) is 5.02 Å². The number of ether oxygens (including phenoxy) is 1. The zero-order chi connectivity index (χ0) is 11.4. The highest BCUT2D eigenvalue weighted by atomic mass is 35.5. The number of carbonyl (C=O) groups is 1. The Morgan fingerprint density at radius 3 is 2.44 bits per heavy atom. The fourth-order valence-corrected chi connectivity index (χ4v) is 1.19. The molecule has 0 saturated heterocycles. The Balaban J connectivity index is 2.14. The van der Waals surface area contributed by atoms with Gasteiger partial charge in [0, 0.05) is 5.02 Å². The molecular weight excluding hydrogens is 228 g/mol. The van der Waals surface area contributed by atoms with Crippen LogP contribution in [0.4, 0.5) is 0 Å². The van der Waals surface area contributed by atoms with Crippen LogP contribution >= 0.6 is 11.6 Å². The van der Waals surface area contributed by atoms with Crippen molar-refractivity contribution in [3.63, 3.8) is 0 Å². The lowest BCUT2D eigenvalue weighted by Crippen LogP contribution is -1.92. The highest BCUT2D eigenvalue weighted by Crippen LogP contribution is 2.20. The standard InChI is InChI=1S/C11H7ClN2O2/c12-8-1-3-10(4-2-8)16-11-6-13-9(7-15)5-14-11/h1-7H. The fraction of sp³-hybridized carbons (Fsp3) is 0. The van der Waals surface area contributed by atoms with E-state index in [1.165, 1.54) is 12.4 Å². The number of hydrogen-bond acceptors (Lipinski definition) is 4. The largest absolute Gasteiger partial charge is 0.438 e. The summed E-state index contributed by atoms with van der Waals surface area (Å²) in [7, 11) is 0. The molecule has 0 bridgehead atoms. The van der Waals surface area contributed by atoms with Gasteiger partial charge in [0.05, 0.1) is 12.4 Å². The average Bonchev–Trinajstić information content (AvgIpc) is 2.33. The molecule has 4 nitrogen and oxygen atoms in total. The summed E-state index contributed by atoms with van der Waals surface area (Å²) in [6.07, 6.45) is 3.36. The summed E-state index contributed by atoms with van der Waals surface area (Å²) < 4.78 is 5.38. The van der Waals surface area contributed by atoms with Crippen LogP contribution < -0.4 is 4.74 Å². The number of benzene rings is 1. The van der Waals surface area contributed by atoms with Crippen molar-refractivity contribution in [2.75, 3.05) is 0 Å². The van der Waals surface area contributed by atoms with Crippen LogP contribution in [-0.2, 0) is 0 Å². The number of carbonyl (C=O) groups excluding carboxylic acids is 1. The van der Waals surface area contributed by atoms with E-state index >= 15 is 0 Å². The van der Waals surface area contributed by atoms with Gasteiger partial charge >= 0.3 is 0 Å². The van der Waals surface area contributed by atoms with Gasteiger partial charge in [-0.3, -0.25) is 4.79 Å². The van der Waals surface area contributed by atoms with Crippen LogP contribution in [0.3, 0.4) is 0 Å². The summed E-state index contributed by atoms with van der Waals surface area (Å²) in [5.41, 5.74) is 0.267. The SMILES string of the molecule is O=Cc1cnc(Oc2ccc(Cl)cc2)cn1. The molecule has 0 unspecified atom stereocenters. The monoisotopic (exact) mass is 234 g/mol. The third-order valence-corrected chi connectivity index (χ3v) is 2.06. The molecule has 0 radical (unpaired) electrons. The number of aromatic nitrogens is 2. The molecule has 80 valence electrons. The van der Waals surface area contributed by atoms with E-state index in [9.17, 15) is 4.79 Å². The molecule has 0 atom stereocenters. The normalized spacial score (nSPS) is 9.81. The molecule has 1 heterocycles. The Labute approximate surface area is 96.9 Å². The van der Waals surface area contributed by atoms with Crippen LogP contribution in [0.5, 0.6) is 11.6 Å². The van der Waals surface area contributed by atoms with Crippen LogP contribution in [0.15, 0.2) is 36.7 Å². The second-order valence-electron chi connectivity index (χ2n) is 2.95. The first-order chi connectivity index (χ1) is 7.78. The molecule has 0 amide bonds. The van der Waals surface area contributed by atoms with Crippen LogP contribution in [0, 0.1) is 0 Å². The summed E-state index contributed by atoms with van der Waals surface area (Å²) in [4.78, 5) is 18.1. The molecule has 2 rings (SSSR count). The number of rotatable bonds is 3. The Morgan fingerprint density at radius 1 is 1.12 bits per heavy atom. The van der Waals surface area contributed by atoms with E-state index in [1.54, 1.807) is 24.3 Å². The van der Waals surface area contributed by atoms with Crippen molar-refractivity contribution in [3.8, 4) is 11.6 Å². The molecule has 0 aliphatic heterocycles. The minimum atomic E-state index is 0.267. The smallest absolute Gasteiger partial charge is 0.237 e. The minimum Gasteiger partial charge on any atom is -0.438 e. The highest BCUT2D eigenvalue weighted by Gasteiger charge is 1.99. The van der Waals surface area contributed by atoms with E-state index in [0.717, 1.165) is 0 Å². The van der Waals surface area contributed by atoms with Gasteiger partial charge in [0.25, 0.3) is 0 Å². The molecule has 0 fully saturated rings. The minimum absolute atomic E-state index is 0.267. The van der Waals surface area contributed by atoms with Gasteiger partial charge < -0.3 is 4.74 Å². The second-order valence-corrected chi connectivity index (χ2v) is 3.39. The van der Waals surface area contributed by atoms with Crippen molar-refractivity contribution in [3.05, 3.63) is 47.4 Å². The van der Waals surface area contributed by atoms with Crippen molar-refractivity contribution >= 4 is 17.9 Å². The Bertz CT molecular complexity index is 482. The first kappa shape index (κ1) is 10.6. The van der Waals surface area contributed by atoms with Gasteiger partial charge in [-0.1, -0.05) is 11.6 Å². The van der Waals surface area contributed by atoms with E-state index in [0.29, 0.717) is 22.9 Å². The molecule has 0 aliphatic rings. The lowest BCUT2D eigenvalue weighted by molar-refractivity contribution is 0.111. The maximum Gasteiger partial charge on any atom is 0.237 e. The maximum atomic E-state index is 10.4. The summed E-state index contributed by atoms with van der Waals surface area (Å²) in [6, 6.07) is 6.86. The van der Waals surface area contributed by atoms with E-state index in [-0.39, 0.29) is 5.69 Å². The van der Waals surface area contributed by atoms with E-state index in [4.69, 9.17) is 16.3 Å². The summed E-state index contributed by atoms with van der Waals surface area (Å²) in [5.74, 6) is 0.936. The van der Waals surface area contributed by atoms with E-state index in [2.05, 4.69) is 9.97 Å². The van der Waals surface area contributed by atoms with Crippen LogP contribution in [0.1, 0.15) is 10.5 Å². The van der Waals surface area contributed by atoms with Crippen molar-refractivity contribution in [2.45, 2.75) is 0 Å². The van der Waals surface area contributed by atoms with Crippen molar-refractivity contribution < 1.29 is 9.53 Å². The Kier molecular flexibility index (Phi) is 3.12. The molecular formula is C11H7ClN2O2. The summed E-state index contributed by atoms with van der Waals surface area (Å²) in [6.45, 7) is 0. The maximum absolute atomic E-state index is 10.4. The molecule has 2 aromatic rings.